The molecule has 0 amide bonds. The fourth-order valence-electron chi connectivity index (χ4n) is 1.53. The summed E-state index contributed by atoms with van der Waals surface area (Å²) in [7, 11) is -1.74. The Bertz CT molecular complexity index is 607. The van der Waals surface area contributed by atoms with Gasteiger partial charge in [0.1, 0.15) is 10.7 Å². The maximum Gasteiger partial charge on any atom is 0.242 e. The van der Waals surface area contributed by atoms with E-state index in [4.69, 9.17) is 0 Å². The maximum atomic E-state index is 12.0. The zero-order chi connectivity index (χ0) is 13.7. The standard InChI is InChI=1S/C12H15N3O2S2/c1-13-12-5-4-11(9-14-12)19(16,17)15-7-6-10-3-2-8-18-10/h2-5,8-9,15H,6-7H2,1H3,(H,13,14). The Kier molecular flexibility index (Phi) is 4.52. The molecule has 102 valence electrons. The molecule has 0 radical (unpaired) electrons. The number of rotatable bonds is 6. The van der Waals surface area contributed by atoms with Crippen LogP contribution in [-0.2, 0) is 16.4 Å². The topological polar surface area (TPSA) is 71.1 Å². The van der Waals surface area contributed by atoms with E-state index in [-0.39, 0.29) is 4.90 Å². The monoisotopic (exact) mass is 297 g/mol. The first-order chi connectivity index (χ1) is 9.12. The largest absolute Gasteiger partial charge is 0.373 e. The predicted octanol–water partition coefficient (Wildman–Crippen LogP) is 1.71. The van der Waals surface area contributed by atoms with Crippen LogP contribution in [0, 0.1) is 0 Å². The second-order valence-electron chi connectivity index (χ2n) is 3.86. The van der Waals surface area contributed by atoms with Crippen LogP contribution < -0.4 is 10.0 Å². The average Bonchev–Trinajstić information content (AvgIpc) is 2.92. The normalized spacial score (nSPS) is 11.4. The highest BCUT2D eigenvalue weighted by Crippen LogP contribution is 2.11. The second-order valence-corrected chi connectivity index (χ2v) is 6.66. The van der Waals surface area contributed by atoms with E-state index in [2.05, 4.69) is 15.0 Å². The van der Waals surface area contributed by atoms with Crippen molar-refractivity contribution in [1.29, 1.82) is 0 Å². The van der Waals surface area contributed by atoms with Crippen LogP contribution >= 0.6 is 11.3 Å². The molecule has 2 rings (SSSR count). The van der Waals surface area contributed by atoms with Gasteiger partial charge in [-0.05, 0) is 30.0 Å². The fourth-order valence-corrected chi connectivity index (χ4v) is 3.22. The lowest BCUT2D eigenvalue weighted by molar-refractivity contribution is 0.581. The molecule has 0 aliphatic carbocycles. The van der Waals surface area contributed by atoms with Gasteiger partial charge in [0.2, 0.25) is 10.0 Å². The maximum absolute atomic E-state index is 12.0. The summed E-state index contributed by atoms with van der Waals surface area (Å²) in [5, 5.41) is 4.82. The smallest absolute Gasteiger partial charge is 0.242 e. The van der Waals surface area contributed by atoms with Crippen molar-refractivity contribution in [2.75, 3.05) is 18.9 Å². The highest BCUT2D eigenvalue weighted by atomic mass is 32.2. The van der Waals surface area contributed by atoms with E-state index in [0.29, 0.717) is 18.8 Å². The Hall–Kier alpha value is -1.44. The van der Waals surface area contributed by atoms with Gasteiger partial charge in [-0.2, -0.15) is 0 Å². The molecule has 0 aliphatic rings. The van der Waals surface area contributed by atoms with Crippen LogP contribution in [0.3, 0.4) is 0 Å². The Morgan fingerprint density at radius 3 is 2.74 bits per heavy atom. The van der Waals surface area contributed by atoms with Crippen LogP contribution in [0.4, 0.5) is 5.82 Å². The molecule has 2 aromatic rings. The number of nitrogens with zero attached hydrogens (tertiary/aromatic N) is 1. The first-order valence-electron chi connectivity index (χ1n) is 5.78. The molecule has 0 saturated carbocycles. The van der Waals surface area contributed by atoms with Gasteiger partial charge in [-0.25, -0.2) is 18.1 Å². The molecule has 0 saturated heterocycles. The summed E-state index contributed by atoms with van der Waals surface area (Å²) in [6.45, 7) is 0.386. The molecule has 0 atom stereocenters. The van der Waals surface area contributed by atoms with Crippen molar-refractivity contribution in [3.63, 3.8) is 0 Å². The summed E-state index contributed by atoms with van der Waals surface area (Å²) < 4.78 is 26.6. The van der Waals surface area contributed by atoms with Gasteiger partial charge in [-0.3, -0.25) is 0 Å². The molecule has 19 heavy (non-hydrogen) atoms. The number of thiophene rings is 1. The van der Waals surface area contributed by atoms with Gasteiger partial charge >= 0.3 is 0 Å². The summed E-state index contributed by atoms with van der Waals surface area (Å²) >= 11 is 1.62. The van der Waals surface area contributed by atoms with E-state index in [9.17, 15) is 8.42 Å². The second kappa shape index (κ2) is 6.14. The van der Waals surface area contributed by atoms with Crippen molar-refractivity contribution in [2.24, 2.45) is 0 Å². The summed E-state index contributed by atoms with van der Waals surface area (Å²) in [4.78, 5) is 5.33. The highest BCUT2D eigenvalue weighted by Gasteiger charge is 2.13. The van der Waals surface area contributed by atoms with Crippen molar-refractivity contribution < 1.29 is 8.42 Å². The number of anilines is 1. The quantitative estimate of drug-likeness (QED) is 0.851. The lowest BCUT2D eigenvalue weighted by atomic mass is 10.3. The molecule has 0 unspecified atom stereocenters. The third kappa shape index (κ3) is 3.76. The van der Waals surface area contributed by atoms with Crippen LogP contribution in [0.1, 0.15) is 4.88 Å². The van der Waals surface area contributed by atoms with Crippen LogP contribution in [0.5, 0.6) is 0 Å². The molecule has 5 nitrogen and oxygen atoms in total. The molecule has 0 aliphatic heterocycles. The number of sulfonamides is 1. The molecule has 0 spiro atoms. The van der Waals surface area contributed by atoms with Crippen molar-refractivity contribution in [2.45, 2.75) is 11.3 Å². The zero-order valence-electron chi connectivity index (χ0n) is 10.5. The number of nitrogens with one attached hydrogen (secondary N) is 2. The lowest BCUT2D eigenvalue weighted by Gasteiger charge is -2.06. The zero-order valence-corrected chi connectivity index (χ0v) is 12.1. The van der Waals surface area contributed by atoms with Gasteiger partial charge in [-0.1, -0.05) is 6.07 Å². The predicted molar refractivity (Wildman–Crippen MR) is 77.0 cm³/mol. The number of hydrogen-bond donors (Lipinski definition) is 2. The summed E-state index contributed by atoms with van der Waals surface area (Å²) in [5.41, 5.74) is 0. The minimum atomic E-state index is -3.47. The Morgan fingerprint density at radius 2 is 2.16 bits per heavy atom. The van der Waals surface area contributed by atoms with Gasteiger partial charge in [0.05, 0.1) is 0 Å². The minimum absolute atomic E-state index is 0.178. The number of hydrogen-bond acceptors (Lipinski definition) is 5. The Morgan fingerprint density at radius 1 is 1.32 bits per heavy atom. The lowest BCUT2D eigenvalue weighted by Crippen LogP contribution is -2.25. The molecule has 0 bridgehead atoms. The fraction of sp³-hybridized carbons (Fsp3) is 0.250. The first kappa shape index (κ1) is 14.0. The van der Waals surface area contributed by atoms with E-state index in [1.807, 2.05) is 17.5 Å². The average molecular weight is 297 g/mol. The van der Waals surface area contributed by atoms with Crippen molar-refractivity contribution in [1.82, 2.24) is 9.71 Å². The number of pyridine rings is 1. The van der Waals surface area contributed by atoms with Crippen LogP contribution in [0.2, 0.25) is 0 Å². The first-order valence-corrected chi connectivity index (χ1v) is 8.14. The van der Waals surface area contributed by atoms with Crippen LogP contribution in [0.15, 0.2) is 40.7 Å². The van der Waals surface area contributed by atoms with Gasteiger partial charge in [-0.15, -0.1) is 11.3 Å². The van der Waals surface area contributed by atoms with Gasteiger partial charge < -0.3 is 5.32 Å². The molecule has 7 heteroatoms. The summed E-state index contributed by atoms with van der Waals surface area (Å²) in [5.74, 6) is 0.637. The van der Waals surface area contributed by atoms with Gasteiger partial charge in [0.25, 0.3) is 0 Å². The third-order valence-corrected chi connectivity index (χ3v) is 4.93. The molecule has 0 fully saturated rings. The van der Waals surface area contributed by atoms with E-state index in [0.717, 1.165) is 4.88 Å². The molecular formula is C12H15N3O2S2. The van der Waals surface area contributed by atoms with Crippen molar-refractivity contribution in [3.8, 4) is 0 Å². The van der Waals surface area contributed by atoms with Gasteiger partial charge in [0, 0.05) is 24.7 Å². The van der Waals surface area contributed by atoms with E-state index in [1.54, 1.807) is 24.5 Å². The van der Waals surface area contributed by atoms with E-state index in [1.165, 1.54) is 12.3 Å². The van der Waals surface area contributed by atoms with E-state index >= 15 is 0 Å². The van der Waals surface area contributed by atoms with Crippen molar-refractivity contribution in [3.05, 3.63) is 40.7 Å². The minimum Gasteiger partial charge on any atom is -0.373 e. The molecule has 0 aromatic carbocycles. The van der Waals surface area contributed by atoms with Crippen LogP contribution in [0.25, 0.3) is 0 Å². The molecular weight excluding hydrogens is 282 g/mol. The van der Waals surface area contributed by atoms with Crippen molar-refractivity contribution >= 4 is 27.2 Å². The molecule has 2 aromatic heterocycles. The Labute approximate surface area is 116 Å². The summed E-state index contributed by atoms with van der Waals surface area (Å²) in [6.07, 6.45) is 2.04. The SMILES string of the molecule is CNc1ccc(S(=O)(=O)NCCc2cccs2)cn1. The number of aromatic nitrogens is 1. The van der Waals surface area contributed by atoms with Crippen LogP contribution in [-0.4, -0.2) is 27.0 Å². The third-order valence-electron chi connectivity index (χ3n) is 2.55. The van der Waals surface area contributed by atoms with E-state index < -0.39 is 10.0 Å². The molecule has 2 heterocycles. The molecule has 2 N–H and O–H groups in total. The Balaban J connectivity index is 1.97. The summed E-state index contributed by atoms with van der Waals surface area (Å²) in [6, 6.07) is 7.11. The highest BCUT2D eigenvalue weighted by molar-refractivity contribution is 7.89. The van der Waals surface area contributed by atoms with Gasteiger partial charge in [0.15, 0.2) is 0 Å².